The molecule has 0 radical (unpaired) electrons. The van der Waals surface area contributed by atoms with Crippen LogP contribution in [0.5, 0.6) is 5.75 Å². The highest BCUT2D eigenvalue weighted by Gasteiger charge is 2.32. The molecule has 0 aromatic heterocycles. The molecule has 0 amide bonds. The zero-order chi connectivity index (χ0) is 13.9. The smallest absolute Gasteiger partial charge is 0.131 e. The second kappa shape index (κ2) is 5.86. The third kappa shape index (κ3) is 3.43. The van der Waals surface area contributed by atoms with Gasteiger partial charge in [0.15, 0.2) is 0 Å². The predicted molar refractivity (Wildman–Crippen MR) is 69.8 cm³/mol. The number of methoxy groups -OCH3 is 1. The van der Waals surface area contributed by atoms with Gasteiger partial charge in [-0.1, -0.05) is 6.07 Å². The van der Waals surface area contributed by atoms with E-state index in [9.17, 15) is 9.50 Å². The first-order valence-electron chi connectivity index (χ1n) is 6.41. The molecule has 1 aliphatic rings. The Labute approximate surface area is 112 Å². The fourth-order valence-electron chi connectivity index (χ4n) is 2.17. The van der Waals surface area contributed by atoms with E-state index < -0.39 is 5.60 Å². The van der Waals surface area contributed by atoms with E-state index in [2.05, 4.69) is 5.32 Å². The molecule has 4 nitrogen and oxygen atoms in total. The van der Waals surface area contributed by atoms with E-state index in [0.29, 0.717) is 37.5 Å². The van der Waals surface area contributed by atoms with Gasteiger partial charge in [0.05, 0.1) is 13.7 Å². The van der Waals surface area contributed by atoms with Crippen molar-refractivity contribution in [3.63, 3.8) is 0 Å². The maximum absolute atomic E-state index is 13.9. The van der Waals surface area contributed by atoms with Gasteiger partial charge in [0.25, 0.3) is 0 Å². The molecule has 0 unspecified atom stereocenters. The summed E-state index contributed by atoms with van der Waals surface area (Å²) in [4.78, 5) is 0. The molecular weight excluding hydrogens is 249 g/mol. The molecule has 1 heterocycles. The van der Waals surface area contributed by atoms with Crippen molar-refractivity contribution in [2.24, 2.45) is 0 Å². The molecule has 1 aromatic carbocycles. The number of hydrogen-bond donors (Lipinski definition) is 2. The van der Waals surface area contributed by atoms with Crippen molar-refractivity contribution < 1.29 is 19.0 Å². The van der Waals surface area contributed by atoms with Crippen molar-refractivity contribution in [1.82, 2.24) is 5.32 Å². The van der Waals surface area contributed by atoms with Crippen molar-refractivity contribution >= 4 is 0 Å². The van der Waals surface area contributed by atoms with Gasteiger partial charge < -0.3 is 19.9 Å². The molecule has 5 heteroatoms. The Kier molecular flexibility index (Phi) is 4.39. The minimum Gasteiger partial charge on any atom is -0.497 e. The lowest BCUT2D eigenvalue weighted by atomic mass is 10.0. The molecule has 0 bridgehead atoms. The Morgan fingerprint density at radius 3 is 2.95 bits per heavy atom. The lowest BCUT2D eigenvalue weighted by Gasteiger charge is -2.24. The van der Waals surface area contributed by atoms with Crippen LogP contribution in [0.15, 0.2) is 18.2 Å². The van der Waals surface area contributed by atoms with Crippen LogP contribution in [0.25, 0.3) is 0 Å². The van der Waals surface area contributed by atoms with Crippen molar-refractivity contribution in [1.29, 1.82) is 0 Å². The molecule has 19 heavy (non-hydrogen) atoms. The second-order valence-electron chi connectivity index (χ2n) is 5.02. The predicted octanol–water partition coefficient (Wildman–Crippen LogP) is 1.64. The third-order valence-electron chi connectivity index (χ3n) is 3.49. The van der Waals surface area contributed by atoms with Crippen LogP contribution in [-0.2, 0) is 4.74 Å². The first-order valence-corrected chi connectivity index (χ1v) is 6.41. The Bertz CT molecular complexity index is 433. The van der Waals surface area contributed by atoms with Gasteiger partial charge in [-0.05, 0) is 13.0 Å². The van der Waals surface area contributed by atoms with Crippen molar-refractivity contribution in [2.45, 2.75) is 25.0 Å². The Balaban J connectivity index is 1.97. The lowest BCUT2D eigenvalue weighted by molar-refractivity contribution is 0.0251. The highest BCUT2D eigenvalue weighted by atomic mass is 19.1. The molecule has 2 rings (SSSR count). The zero-order valence-corrected chi connectivity index (χ0v) is 11.3. The van der Waals surface area contributed by atoms with Crippen LogP contribution in [-0.4, -0.2) is 37.6 Å². The number of nitrogens with one attached hydrogen (secondary N) is 1. The molecule has 0 saturated carbocycles. The number of benzene rings is 1. The highest BCUT2D eigenvalue weighted by molar-refractivity contribution is 5.30. The summed E-state index contributed by atoms with van der Waals surface area (Å²) in [5.41, 5.74) is -0.277. The molecule has 0 spiro atoms. The normalized spacial score (nSPS) is 24.4. The van der Waals surface area contributed by atoms with Crippen LogP contribution in [0.3, 0.4) is 0 Å². The number of rotatable bonds is 5. The van der Waals surface area contributed by atoms with Gasteiger partial charge in [0, 0.05) is 37.2 Å². The van der Waals surface area contributed by atoms with Crippen molar-refractivity contribution in [3.8, 4) is 5.75 Å². The van der Waals surface area contributed by atoms with Gasteiger partial charge in [0.1, 0.15) is 17.2 Å². The summed E-state index contributed by atoms with van der Waals surface area (Å²) < 4.78 is 24.0. The summed E-state index contributed by atoms with van der Waals surface area (Å²) in [5, 5.41) is 13.3. The third-order valence-corrected chi connectivity index (χ3v) is 3.49. The summed E-state index contributed by atoms with van der Waals surface area (Å²) >= 11 is 0. The molecule has 106 valence electrons. The van der Waals surface area contributed by atoms with E-state index in [0.717, 1.165) is 0 Å². The minimum absolute atomic E-state index is 0.185. The van der Waals surface area contributed by atoms with E-state index in [1.54, 1.807) is 12.1 Å². The monoisotopic (exact) mass is 269 g/mol. The van der Waals surface area contributed by atoms with Crippen LogP contribution in [0.2, 0.25) is 0 Å². The Hall–Kier alpha value is -1.17. The van der Waals surface area contributed by atoms with Gasteiger partial charge in [-0.15, -0.1) is 0 Å². The molecule has 1 aromatic rings. The Morgan fingerprint density at radius 1 is 1.58 bits per heavy atom. The number of aliphatic hydroxyl groups is 1. The summed E-state index contributed by atoms with van der Waals surface area (Å²) in [7, 11) is 1.51. The largest absolute Gasteiger partial charge is 0.497 e. The molecule has 2 atom stereocenters. The van der Waals surface area contributed by atoms with E-state index >= 15 is 0 Å². The standard InChI is InChI=1S/C14H20FNO3/c1-10(16-8-14(17)5-6-19-9-14)12-4-3-11(18-2)7-13(12)15/h3-4,7,10,16-17H,5-6,8-9H2,1-2H3/t10-,14+/m0/s1. The maximum Gasteiger partial charge on any atom is 0.131 e. The fraction of sp³-hybridized carbons (Fsp3) is 0.571. The summed E-state index contributed by atoms with van der Waals surface area (Å²) in [6.07, 6.45) is 0.609. The first kappa shape index (κ1) is 14.2. The van der Waals surface area contributed by atoms with Crippen LogP contribution in [0.4, 0.5) is 4.39 Å². The van der Waals surface area contributed by atoms with Gasteiger partial charge in [0.2, 0.25) is 0 Å². The molecule has 1 aliphatic heterocycles. The number of ether oxygens (including phenoxy) is 2. The topological polar surface area (TPSA) is 50.7 Å². The maximum atomic E-state index is 13.9. The molecular formula is C14H20FNO3. The van der Waals surface area contributed by atoms with E-state index in [-0.39, 0.29) is 11.9 Å². The lowest BCUT2D eigenvalue weighted by Crippen LogP contribution is -2.42. The average Bonchev–Trinajstić information content (AvgIpc) is 2.83. The average molecular weight is 269 g/mol. The zero-order valence-electron chi connectivity index (χ0n) is 11.3. The second-order valence-corrected chi connectivity index (χ2v) is 5.02. The molecule has 1 fully saturated rings. The summed E-state index contributed by atoms with van der Waals surface area (Å²) in [5.74, 6) is 0.185. The van der Waals surface area contributed by atoms with Gasteiger partial charge in [-0.3, -0.25) is 0 Å². The molecule has 2 N–H and O–H groups in total. The van der Waals surface area contributed by atoms with Crippen LogP contribution in [0, 0.1) is 5.82 Å². The van der Waals surface area contributed by atoms with Gasteiger partial charge >= 0.3 is 0 Å². The fourth-order valence-corrected chi connectivity index (χ4v) is 2.17. The van der Waals surface area contributed by atoms with Crippen LogP contribution < -0.4 is 10.1 Å². The Morgan fingerprint density at radius 2 is 2.37 bits per heavy atom. The van der Waals surface area contributed by atoms with E-state index in [1.807, 2.05) is 6.92 Å². The molecule has 1 saturated heterocycles. The summed E-state index contributed by atoms with van der Waals surface area (Å²) in [6.45, 7) is 3.16. The SMILES string of the molecule is COc1ccc([C@H](C)NC[C@]2(O)CCOC2)c(F)c1. The van der Waals surface area contributed by atoms with Crippen LogP contribution in [0.1, 0.15) is 24.9 Å². The van der Waals surface area contributed by atoms with Gasteiger partial charge in [-0.2, -0.15) is 0 Å². The quantitative estimate of drug-likeness (QED) is 0.853. The number of hydrogen-bond acceptors (Lipinski definition) is 4. The van der Waals surface area contributed by atoms with Crippen molar-refractivity contribution in [2.75, 3.05) is 26.9 Å². The van der Waals surface area contributed by atoms with E-state index in [1.165, 1.54) is 13.2 Å². The number of halogens is 1. The van der Waals surface area contributed by atoms with Gasteiger partial charge in [-0.25, -0.2) is 4.39 Å². The van der Waals surface area contributed by atoms with Crippen LogP contribution >= 0.6 is 0 Å². The van der Waals surface area contributed by atoms with Crippen molar-refractivity contribution in [3.05, 3.63) is 29.6 Å². The first-order chi connectivity index (χ1) is 9.04. The minimum atomic E-state index is -0.836. The highest BCUT2D eigenvalue weighted by Crippen LogP contribution is 2.23. The molecule has 0 aliphatic carbocycles. The van der Waals surface area contributed by atoms with E-state index in [4.69, 9.17) is 9.47 Å². The summed E-state index contributed by atoms with van der Waals surface area (Å²) in [6, 6.07) is 4.60.